The van der Waals surface area contributed by atoms with Gasteiger partial charge >= 0.3 is 0 Å². The molecule has 0 rings (SSSR count). The molecule has 3 unspecified atom stereocenters. The first kappa shape index (κ1) is 27.6. The van der Waals surface area contributed by atoms with Gasteiger partial charge in [-0.05, 0) is 38.0 Å². The van der Waals surface area contributed by atoms with Crippen molar-refractivity contribution in [3.05, 3.63) is 0 Å². The molecule has 0 aromatic carbocycles. The highest BCUT2D eigenvalue weighted by molar-refractivity contribution is 5.79. The zero-order valence-electron chi connectivity index (χ0n) is 19.6. The second-order valence-corrected chi connectivity index (χ2v) is 8.92. The van der Waals surface area contributed by atoms with Crippen LogP contribution in [0.15, 0.2) is 0 Å². The van der Waals surface area contributed by atoms with Gasteiger partial charge in [-0.25, -0.2) is 0 Å². The fourth-order valence-electron chi connectivity index (χ4n) is 3.62. The van der Waals surface area contributed by atoms with Crippen LogP contribution in [0, 0.1) is 11.8 Å². The van der Waals surface area contributed by atoms with E-state index >= 15 is 0 Å². The molecule has 0 fully saturated rings. The summed E-state index contributed by atoms with van der Waals surface area (Å²) in [5, 5.41) is 6.05. The fourth-order valence-corrected chi connectivity index (χ4v) is 3.62. The summed E-state index contributed by atoms with van der Waals surface area (Å²) in [5.74, 6) is 1.09. The average Bonchev–Trinajstić information content (AvgIpc) is 2.63. The lowest BCUT2D eigenvalue weighted by molar-refractivity contribution is -0.123. The van der Waals surface area contributed by atoms with Gasteiger partial charge in [-0.1, -0.05) is 66.2 Å². The third-order valence-corrected chi connectivity index (χ3v) is 5.37. The molecule has 0 aliphatic rings. The summed E-state index contributed by atoms with van der Waals surface area (Å²) in [6, 6.07) is -0.0943. The number of rotatable bonds is 18. The Morgan fingerprint density at radius 3 is 1.79 bits per heavy atom. The fraction of sp³-hybridized carbons (Fsp3) is 0.875. The highest BCUT2D eigenvalue weighted by atomic mass is 16.2. The van der Waals surface area contributed by atoms with Crippen molar-refractivity contribution in [3.8, 4) is 0 Å². The van der Waals surface area contributed by atoms with E-state index in [9.17, 15) is 14.4 Å². The Labute approximate surface area is 179 Å². The van der Waals surface area contributed by atoms with Crippen LogP contribution in [0.5, 0.6) is 0 Å². The van der Waals surface area contributed by atoms with E-state index in [1.54, 1.807) is 6.92 Å². The van der Waals surface area contributed by atoms with Gasteiger partial charge in [0.1, 0.15) is 5.78 Å². The predicted molar refractivity (Wildman–Crippen MR) is 121 cm³/mol. The summed E-state index contributed by atoms with van der Waals surface area (Å²) < 4.78 is 0. The Balaban J connectivity index is 4.12. The maximum atomic E-state index is 12.3. The number of carbonyl (C=O) groups excluding carboxylic acids is 3. The number of amides is 2. The lowest BCUT2D eigenvalue weighted by atomic mass is 9.99. The Kier molecular flexibility index (Phi) is 16.6. The number of ketones is 1. The molecule has 0 aliphatic heterocycles. The van der Waals surface area contributed by atoms with Crippen LogP contribution in [-0.4, -0.2) is 30.2 Å². The first-order valence-electron chi connectivity index (χ1n) is 11.8. The quantitative estimate of drug-likeness (QED) is 0.306. The Bertz CT molecular complexity index is 465. The topological polar surface area (TPSA) is 75.3 Å². The van der Waals surface area contributed by atoms with Crippen molar-refractivity contribution >= 4 is 17.6 Å². The zero-order chi connectivity index (χ0) is 22.1. The van der Waals surface area contributed by atoms with E-state index in [-0.39, 0.29) is 23.6 Å². The molecule has 0 saturated heterocycles. The summed E-state index contributed by atoms with van der Waals surface area (Å²) in [5.41, 5.74) is 0. The molecule has 0 aromatic rings. The highest BCUT2D eigenvalue weighted by Gasteiger charge is 2.16. The standard InChI is InChI=1S/C24H46N2O3/c1-6-8-12-19(3)16-23(28)25-15-11-10-14-22(18-21(5)27)26-24(29)17-20(4)13-9-7-2/h19-20,22H,6-18H2,1-5H3,(H,25,28)(H,26,29). The van der Waals surface area contributed by atoms with Gasteiger partial charge < -0.3 is 10.6 Å². The number of nitrogens with one attached hydrogen (secondary N) is 2. The van der Waals surface area contributed by atoms with E-state index in [1.165, 1.54) is 12.8 Å². The van der Waals surface area contributed by atoms with Crippen molar-refractivity contribution in [2.24, 2.45) is 11.8 Å². The molecule has 0 aliphatic carbocycles. The first-order chi connectivity index (χ1) is 13.8. The van der Waals surface area contributed by atoms with Crippen LogP contribution in [0.2, 0.25) is 0 Å². The molecule has 5 nitrogen and oxygen atoms in total. The molecule has 0 aromatic heterocycles. The Hall–Kier alpha value is -1.39. The third-order valence-electron chi connectivity index (χ3n) is 5.37. The van der Waals surface area contributed by atoms with Crippen LogP contribution < -0.4 is 10.6 Å². The van der Waals surface area contributed by atoms with Gasteiger partial charge in [0.25, 0.3) is 0 Å². The molecule has 29 heavy (non-hydrogen) atoms. The molecule has 2 N–H and O–H groups in total. The SMILES string of the molecule is CCCCC(C)CC(=O)NCCCCC(CC(C)=O)NC(=O)CC(C)CCCC. The number of carbonyl (C=O) groups is 3. The Morgan fingerprint density at radius 2 is 1.28 bits per heavy atom. The first-order valence-corrected chi connectivity index (χ1v) is 11.8. The van der Waals surface area contributed by atoms with Gasteiger partial charge in [-0.15, -0.1) is 0 Å². The number of Topliss-reactive ketones (excluding diaryl/α,β-unsaturated/α-hetero) is 1. The normalized spacial score (nSPS) is 14.1. The molecule has 0 bridgehead atoms. The smallest absolute Gasteiger partial charge is 0.220 e. The van der Waals surface area contributed by atoms with Crippen molar-refractivity contribution < 1.29 is 14.4 Å². The predicted octanol–water partition coefficient (Wildman–Crippen LogP) is 5.17. The van der Waals surface area contributed by atoms with Gasteiger partial charge in [0.05, 0.1) is 0 Å². The molecule has 0 saturated carbocycles. The number of unbranched alkanes of at least 4 members (excludes halogenated alkanes) is 3. The van der Waals surface area contributed by atoms with Crippen molar-refractivity contribution in [2.45, 2.75) is 118 Å². The van der Waals surface area contributed by atoms with Gasteiger partial charge in [0.2, 0.25) is 11.8 Å². The molecule has 5 heteroatoms. The van der Waals surface area contributed by atoms with E-state index in [1.807, 2.05) is 0 Å². The van der Waals surface area contributed by atoms with E-state index in [0.717, 1.165) is 44.9 Å². The molecular formula is C24H46N2O3. The molecule has 0 heterocycles. The van der Waals surface area contributed by atoms with Crippen molar-refractivity contribution in [1.82, 2.24) is 10.6 Å². The lowest BCUT2D eigenvalue weighted by Crippen LogP contribution is -2.37. The second kappa shape index (κ2) is 17.5. The summed E-state index contributed by atoms with van der Waals surface area (Å²) in [7, 11) is 0. The van der Waals surface area contributed by atoms with Gasteiger partial charge in [-0.3, -0.25) is 14.4 Å². The van der Waals surface area contributed by atoms with E-state index in [4.69, 9.17) is 0 Å². The summed E-state index contributed by atoms with van der Waals surface area (Å²) in [4.78, 5) is 35.8. The maximum Gasteiger partial charge on any atom is 0.220 e. The summed E-state index contributed by atoms with van der Waals surface area (Å²) >= 11 is 0. The van der Waals surface area contributed by atoms with Crippen LogP contribution in [0.25, 0.3) is 0 Å². The minimum atomic E-state index is -0.0943. The average molecular weight is 411 g/mol. The van der Waals surface area contributed by atoms with E-state index in [0.29, 0.717) is 37.6 Å². The summed E-state index contributed by atoms with van der Waals surface area (Å²) in [6.45, 7) is 10.8. The lowest BCUT2D eigenvalue weighted by Gasteiger charge is -2.19. The highest BCUT2D eigenvalue weighted by Crippen LogP contribution is 2.13. The van der Waals surface area contributed by atoms with Crippen LogP contribution in [0.3, 0.4) is 0 Å². The molecule has 0 spiro atoms. The van der Waals surface area contributed by atoms with Crippen molar-refractivity contribution in [3.63, 3.8) is 0 Å². The van der Waals surface area contributed by atoms with Crippen LogP contribution in [-0.2, 0) is 14.4 Å². The number of hydrogen-bond acceptors (Lipinski definition) is 3. The van der Waals surface area contributed by atoms with Crippen molar-refractivity contribution in [2.75, 3.05) is 6.54 Å². The number of hydrogen-bond donors (Lipinski definition) is 2. The summed E-state index contributed by atoms with van der Waals surface area (Å²) in [6.07, 6.45) is 10.8. The van der Waals surface area contributed by atoms with E-state index < -0.39 is 0 Å². The van der Waals surface area contributed by atoms with E-state index in [2.05, 4.69) is 38.3 Å². The van der Waals surface area contributed by atoms with Crippen LogP contribution in [0.1, 0.15) is 112 Å². The van der Waals surface area contributed by atoms with Crippen LogP contribution in [0.4, 0.5) is 0 Å². The molecule has 2 amide bonds. The molecule has 0 radical (unpaired) electrons. The third kappa shape index (κ3) is 17.2. The van der Waals surface area contributed by atoms with Gasteiger partial charge in [-0.2, -0.15) is 0 Å². The minimum Gasteiger partial charge on any atom is -0.356 e. The van der Waals surface area contributed by atoms with Crippen molar-refractivity contribution in [1.29, 1.82) is 0 Å². The zero-order valence-corrected chi connectivity index (χ0v) is 19.6. The second-order valence-electron chi connectivity index (χ2n) is 8.92. The molecule has 170 valence electrons. The molecular weight excluding hydrogens is 364 g/mol. The monoisotopic (exact) mass is 410 g/mol. The maximum absolute atomic E-state index is 12.3. The minimum absolute atomic E-state index is 0.0502. The van der Waals surface area contributed by atoms with Gasteiger partial charge in [0.15, 0.2) is 0 Å². The van der Waals surface area contributed by atoms with Crippen LogP contribution >= 0.6 is 0 Å². The largest absolute Gasteiger partial charge is 0.356 e. The van der Waals surface area contributed by atoms with Gasteiger partial charge in [0, 0.05) is 31.8 Å². The molecule has 3 atom stereocenters. The Morgan fingerprint density at radius 1 is 0.724 bits per heavy atom.